The van der Waals surface area contributed by atoms with E-state index in [1.165, 1.54) is 18.5 Å². The third-order valence-corrected chi connectivity index (χ3v) is 6.06. The van der Waals surface area contributed by atoms with Gasteiger partial charge in [0.25, 0.3) is 5.91 Å². The molecule has 2 atom stereocenters. The van der Waals surface area contributed by atoms with Gasteiger partial charge in [0.1, 0.15) is 11.5 Å². The van der Waals surface area contributed by atoms with Crippen LogP contribution in [0.2, 0.25) is 0 Å². The molecule has 0 radical (unpaired) electrons. The molecule has 0 unspecified atom stereocenters. The van der Waals surface area contributed by atoms with Crippen molar-refractivity contribution >= 4 is 55.3 Å². The van der Waals surface area contributed by atoms with Gasteiger partial charge in [-0.3, -0.25) is 20.1 Å². The summed E-state index contributed by atoms with van der Waals surface area (Å²) in [5, 5.41) is 22.3. The molecule has 192 valence electrons. The van der Waals surface area contributed by atoms with Crippen LogP contribution in [0, 0.1) is 0 Å². The lowest BCUT2D eigenvalue weighted by molar-refractivity contribution is -0.124. The van der Waals surface area contributed by atoms with E-state index in [0.29, 0.717) is 25.9 Å². The van der Waals surface area contributed by atoms with Gasteiger partial charge in [-0.2, -0.15) is 0 Å². The number of para-hydroxylation sites is 1. The number of hydrogen-bond acceptors (Lipinski definition) is 7. The summed E-state index contributed by atoms with van der Waals surface area (Å²) < 4.78 is 12.6. The first kappa shape index (κ1) is 27.9. The lowest BCUT2D eigenvalue weighted by Crippen LogP contribution is -2.30. The normalized spacial score (nSPS) is 12.4. The zero-order valence-electron chi connectivity index (χ0n) is 19.4. The third-order valence-electron chi connectivity index (χ3n) is 5.00. The van der Waals surface area contributed by atoms with E-state index in [4.69, 9.17) is 14.7 Å². The fraction of sp³-hybridized carbons (Fsp3) is 0.115. The maximum atomic E-state index is 12.9. The molecule has 0 aliphatic heterocycles. The SMILES string of the molecule is CC(=O)c1ccc(NC(=O)O[C@@H](c2cc(Br)cc(Br)c2O)[C@H](/C=C/C(=O)NO)Oc2ccccc2)cc1. The van der Waals surface area contributed by atoms with Gasteiger partial charge in [0, 0.05) is 27.4 Å². The number of nitrogens with one attached hydrogen (secondary N) is 2. The van der Waals surface area contributed by atoms with Crippen LogP contribution in [0.1, 0.15) is 28.9 Å². The number of ether oxygens (including phenoxy) is 2. The molecule has 3 aromatic rings. The summed E-state index contributed by atoms with van der Waals surface area (Å²) in [6.45, 7) is 1.43. The van der Waals surface area contributed by atoms with Gasteiger partial charge >= 0.3 is 6.09 Å². The van der Waals surface area contributed by atoms with Crippen LogP contribution in [-0.2, 0) is 9.53 Å². The van der Waals surface area contributed by atoms with Crippen molar-refractivity contribution in [2.45, 2.75) is 19.1 Å². The van der Waals surface area contributed by atoms with Crippen LogP contribution in [0.4, 0.5) is 10.5 Å². The molecule has 3 rings (SSSR count). The van der Waals surface area contributed by atoms with Gasteiger partial charge in [-0.15, -0.1) is 0 Å². The number of Topliss-reactive ketones (excluding diaryl/α,β-unsaturated/α-hetero) is 1. The predicted octanol–water partition coefficient (Wildman–Crippen LogP) is 5.92. The number of benzene rings is 3. The van der Waals surface area contributed by atoms with Crippen molar-refractivity contribution in [1.29, 1.82) is 0 Å². The van der Waals surface area contributed by atoms with Crippen LogP contribution in [0.15, 0.2) is 87.8 Å². The number of amides is 2. The van der Waals surface area contributed by atoms with Crippen molar-refractivity contribution < 1.29 is 34.2 Å². The summed E-state index contributed by atoms with van der Waals surface area (Å²) in [5.41, 5.74) is 2.49. The van der Waals surface area contributed by atoms with E-state index in [0.717, 1.165) is 6.08 Å². The van der Waals surface area contributed by atoms with Crippen molar-refractivity contribution in [2.24, 2.45) is 0 Å². The number of hydrogen-bond donors (Lipinski definition) is 4. The molecule has 2 amide bonds. The summed E-state index contributed by atoms with van der Waals surface area (Å²) in [6.07, 6.45) is -0.998. The first-order valence-electron chi connectivity index (χ1n) is 10.8. The molecule has 37 heavy (non-hydrogen) atoms. The van der Waals surface area contributed by atoms with Crippen molar-refractivity contribution in [3.63, 3.8) is 0 Å². The summed E-state index contributed by atoms with van der Waals surface area (Å²) in [5.74, 6) is -0.781. The Kier molecular flexibility index (Phi) is 9.84. The van der Waals surface area contributed by atoms with Crippen molar-refractivity contribution in [1.82, 2.24) is 5.48 Å². The summed E-state index contributed by atoms with van der Waals surface area (Å²) >= 11 is 6.64. The number of rotatable bonds is 9. The number of carbonyl (C=O) groups excluding carboxylic acids is 3. The molecule has 11 heteroatoms. The molecule has 0 aromatic heterocycles. The molecule has 0 saturated carbocycles. The minimum Gasteiger partial charge on any atom is -0.506 e. The Morgan fingerprint density at radius 2 is 1.68 bits per heavy atom. The molecule has 3 aromatic carbocycles. The Labute approximate surface area is 229 Å². The highest BCUT2D eigenvalue weighted by atomic mass is 79.9. The van der Waals surface area contributed by atoms with Crippen molar-refractivity contribution in [2.75, 3.05) is 5.32 Å². The summed E-state index contributed by atoms with van der Waals surface area (Å²) in [6, 6.07) is 17.9. The van der Waals surface area contributed by atoms with E-state index in [1.54, 1.807) is 66.7 Å². The average molecular weight is 634 g/mol. The summed E-state index contributed by atoms with van der Waals surface area (Å²) in [4.78, 5) is 36.2. The van der Waals surface area contributed by atoms with E-state index >= 15 is 0 Å². The zero-order chi connectivity index (χ0) is 26.9. The number of hydroxylamine groups is 1. The predicted molar refractivity (Wildman–Crippen MR) is 143 cm³/mol. The van der Waals surface area contributed by atoms with Crippen LogP contribution in [0.3, 0.4) is 0 Å². The van der Waals surface area contributed by atoms with Gasteiger partial charge in [0.05, 0.1) is 4.47 Å². The Balaban J connectivity index is 2.00. The van der Waals surface area contributed by atoms with Crippen LogP contribution < -0.4 is 15.5 Å². The maximum absolute atomic E-state index is 12.9. The molecule has 0 saturated heterocycles. The van der Waals surface area contributed by atoms with Gasteiger partial charge in [0.2, 0.25) is 0 Å². The highest BCUT2D eigenvalue weighted by Gasteiger charge is 2.31. The van der Waals surface area contributed by atoms with Gasteiger partial charge in [-0.1, -0.05) is 34.1 Å². The number of halogens is 2. The number of carbonyl (C=O) groups is 3. The van der Waals surface area contributed by atoms with Gasteiger partial charge in [0.15, 0.2) is 18.0 Å². The second-order valence-electron chi connectivity index (χ2n) is 7.64. The maximum Gasteiger partial charge on any atom is 0.412 e. The molecule has 9 nitrogen and oxygen atoms in total. The van der Waals surface area contributed by atoms with Crippen LogP contribution in [-0.4, -0.2) is 34.2 Å². The van der Waals surface area contributed by atoms with Crippen molar-refractivity contribution in [3.05, 3.63) is 99.0 Å². The fourth-order valence-electron chi connectivity index (χ4n) is 3.24. The average Bonchev–Trinajstić information content (AvgIpc) is 2.88. The number of phenols is 1. The topological polar surface area (TPSA) is 134 Å². The lowest BCUT2D eigenvalue weighted by atomic mass is 10.0. The van der Waals surface area contributed by atoms with Crippen LogP contribution >= 0.6 is 31.9 Å². The number of ketones is 1. The second kappa shape index (κ2) is 13.0. The highest BCUT2D eigenvalue weighted by molar-refractivity contribution is 9.11. The molecule has 4 N–H and O–H groups in total. The second-order valence-corrected chi connectivity index (χ2v) is 9.41. The number of aromatic hydroxyl groups is 1. The minimum absolute atomic E-state index is 0.121. The standard InChI is InChI=1S/C26H22Br2N2O7/c1-15(31)16-7-9-18(10-8-16)29-26(34)37-25(20-13-17(27)14-21(28)24(20)33)22(11-12-23(32)30-35)36-19-5-3-2-4-6-19/h2-14,22,25,33,35H,1H3,(H,29,34)(H,30,32)/b12-11+/t22-,25-/m0/s1. The van der Waals surface area contributed by atoms with Crippen LogP contribution in [0.5, 0.6) is 11.5 Å². The first-order valence-corrected chi connectivity index (χ1v) is 12.4. The molecular formula is C26H22Br2N2O7. The van der Waals surface area contributed by atoms with Gasteiger partial charge in [-0.25, -0.2) is 10.3 Å². The Bertz CT molecular complexity index is 1300. The molecule has 0 bridgehead atoms. The smallest absolute Gasteiger partial charge is 0.412 e. The Hall–Kier alpha value is -3.67. The minimum atomic E-state index is -1.27. The van der Waals surface area contributed by atoms with Gasteiger partial charge < -0.3 is 14.6 Å². The molecular weight excluding hydrogens is 612 g/mol. The Morgan fingerprint density at radius 1 is 1.00 bits per heavy atom. The first-order chi connectivity index (χ1) is 17.7. The molecule has 0 heterocycles. The van der Waals surface area contributed by atoms with Crippen molar-refractivity contribution in [3.8, 4) is 11.5 Å². The van der Waals surface area contributed by atoms with Crippen LogP contribution in [0.25, 0.3) is 0 Å². The monoisotopic (exact) mass is 632 g/mol. The number of anilines is 1. The molecule has 0 spiro atoms. The van der Waals surface area contributed by atoms with E-state index < -0.39 is 24.2 Å². The summed E-state index contributed by atoms with van der Waals surface area (Å²) in [7, 11) is 0. The largest absolute Gasteiger partial charge is 0.506 e. The lowest BCUT2D eigenvalue weighted by Gasteiger charge is -2.27. The van der Waals surface area contributed by atoms with E-state index in [-0.39, 0.29) is 17.1 Å². The van der Waals surface area contributed by atoms with E-state index in [2.05, 4.69) is 37.2 Å². The molecule has 0 aliphatic carbocycles. The zero-order valence-corrected chi connectivity index (χ0v) is 22.5. The molecule has 0 aliphatic rings. The van der Waals surface area contributed by atoms with E-state index in [9.17, 15) is 19.5 Å². The molecule has 0 fully saturated rings. The fourth-order valence-corrected chi connectivity index (χ4v) is 4.50. The third kappa shape index (κ3) is 7.91. The quantitative estimate of drug-likeness (QED) is 0.0995. The Morgan fingerprint density at radius 3 is 2.30 bits per heavy atom. The van der Waals surface area contributed by atoms with E-state index in [1.807, 2.05) is 0 Å². The van der Waals surface area contributed by atoms with Gasteiger partial charge in [-0.05, 0) is 77.5 Å². The number of phenolic OH excluding ortho intramolecular Hbond substituents is 1. The highest BCUT2D eigenvalue weighted by Crippen LogP contribution is 2.39.